The van der Waals surface area contributed by atoms with E-state index in [4.69, 9.17) is 11.6 Å². The SMILES string of the molecule is CCC(=O)N1C[C@@H](CO)C[C@@H](N(C(=O)NCc2ccc(Cl)cc2F)C2CC2)C1. The summed E-state index contributed by atoms with van der Waals surface area (Å²) >= 11 is 5.77. The van der Waals surface area contributed by atoms with Crippen molar-refractivity contribution in [3.63, 3.8) is 0 Å². The van der Waals surface area contributed by atoms with E-state index in [0.717, 1.165) is 12.8 Å². The lowest BCUT2D eigenvalue weighted by atomic mass is 9.93. The number of carbonyl (C=O) groups excluding carboxylic acids is 2. The quantitative estimate of drug-likeness (QED) is 0.756. The van der Waals surface area contributed by atoms with Crippen molar-refractivity contribution < 1.29 is 19.1 Å². The number of aliphatic hydroxyl groups is 1. The Labute approximate surface area is 169 Å². The van der Waals surface area contributed by atoms with Crippen molar-refractivity contribution in [3.8, 4) is 0 Å². The van der Waals surface area contributed by atoms with Crippen molar-refractivity contribution in [2.45, 2.75) is 51.2 Å². The van der Waals surface area contributed by atoms with Gasteiger partial charge >= 0.3 is 6.03 Å². The van der Waals surface area contributed by atoms with Gasteiger partial charge in [-0.25, -0.2) is 9.18 Å². The summed E-state index contributed by atoms with van der Waals surface area (Å²) in [5, 5.41) is 12.8. The number of nitrogens with one attached hydrogen (secondary N) is 1. The van der Waals surface area contributed by atoms with Gasteiger partial charge in [0, 0.05) is 55.2 Å². The molecule has 28 heavy (non-hydrogen) atoms. The summed E-state index contributed by atoms with van der Waals surface area (Å²) in [6, 6.07) is 4.10. The number of halogens is 2. The number of hydrogen-bond acceptors (Lipinski definition) is 3. The highest BCUT2D eigenvalue weighted by Gasteiger charge is 2.41. The topological polar surface area (TPSA) is 72.9 Å². The summed E-state index contributed by atoms with van der Waals surface area (Å²) in [5.74, 6) is -0.469. The molecule has 1 heterocycles. The molecule has 1 aromatic carbocycles. The molecule has 6 nitrogen and oxygen atoms in total. The molecule has 8 heteroatoms. The van der Waals surface area contributed by atoms with E-state index < -0.39 is 5.82 Å². The Morgan fingerprint density at radius 1 is 1.32 bits per heavy atom. The van der Waals surface area contributed by atoms with Crippen molar-refractivity contribution in [1.82, 2.24) is 15.1 Å². The number of aliphatic hydroxyl groups excluding tert-OH is 1. The first kappa shape index (κ1) is 20.9. The summed E-state index contributed by atoms with van der Waals surface area (Å²) < 4.78 is 14.0. The summed E-state index contributed by atoms with van der Waals surface area (Å²) in [4.78, 5) is 28.7. The van der Waals surface area contributed by atoms with E-state index in [1.54, 1.807) is 21.9 Å². The number of rotatable bonds is 6. The predicted octanol–water partition coefficient (Wildman–Crippen LogP) is 2.77. The van der Waals surface area contributed by atoms with Gasteiger partial charge in [0.25, 0.3) is 0 Å². The first-order chi connectivity index (χ1) is 13.4. The lowest BCUT2D eigenvalue weighted by Crippen LogP contribution is -2.57. The first-order valence-corrected chi connectivity index (χ1v) is 10.2. The van der Waals surface area contributed by atoms with E-state index in [0.29, 0.717) is 36.5 Å². The molecule has 3 rings (SSSR count). The number of carbonyl (C=O) groups is 2. The molecule has 0 radical (unpaired) electrons. The molecule has 2 N–H and O–H groups in total. The summed E-state index contributed by atoms with van der Waals surface area (Å²) in [5.41, 5.74) is 0.369. The van der Waals surface area contributed by atoms with E-state index in [-0.39, 0.29) is 43.1 Å². The van der Waals surface area contributed by atoms with Gasteiger partial charge in [0.1, 0.15) is 5.82 Å². The van der Waals surface area contributed by atoms with E-state index >= 15 is 0 Å². The van der Waals surface area contributed by atoms with Gasteiger partial charge in [-0.05, 0) is 31.4 Å². The molecular weight excluding hydrogens is 385 g/mol. The minimum absolute atomic E-state index is 0.0138. The predicted molar refractivity (Wildman–Crippen MR) is 104 cm³/mol. The van der Waals surface area contributed by atoms with Crippen molar-refractivity contribution >= 4 is 23.5 Å². The summed E-state index contributed by atoms with van der Waals surface area (Å²) in [6.07, 6.45) is 2.90. The fourth-order valence-corrected chi connectivity index (χ4v) is 4.00. The lowest BCUT2D eigenvalue weighted by molar-refractivity contribution is -0.134. The number of nitrogens with zero attached hydrogens (tertiary/aromatic N) is 2. The Morgan fingerprint density at radius 3 is 2.68 bits per heavy atom. The average Bonchev–Trinajstić information content (AvgIpc) is 3.51. The Kier molecular flexibility index (Phi) is 6.78. The van der Waals surface area contributed by atoms with Crippen LogP contribution in [0.25, 0.3) is 0 Å². The molecule has 2 fully saturated rings. The van der Waals surface area contributed by atoms with Crippen LogP contribution >= 0.6 is 11.6 Å². The maximum absolute atomic E-state index is 14.0. The standard InChI is InChI=1S/C20H27ClFN3O3/c1-2-19(27)24-10-13(12-26)7-17(11-24)25(16-5-6-16)20(28)23-9-14-3-4-15(21)8-18(14)22/h3-4,8,13,16-17,26H,2,5-7,9-12H2,1H3,(H,23,28)/t13-,17+/m0/s1. The third-order valence-corrected chi connectivity index (χ3v) is 5.68. The smallest absolute Gasteiger partial charge is 0.318 e. The Hall–Kier alpha value is -1.86. The average molecular weight is 412 g/mol. The van der Waals surface area contributed by atoms with Crippen LogP contribution in [0.3, 0.4) is 0 Å². The number of urea groups is 1. The largest absolute Gasteiger partial charge is 0.396 e. The van der Waals surface area contributed by atoms with Gasteiger partial charge in [0.05, 0.1) is 6.04 Å². The van der Waals surface area contributed by atoms with Crippen LogP contribution in [0.5, 0.6) is 0 Å². The van der Waals surface area contributed by atoms with Gasteiger partial charge in [-0.2, -0.15) is 0 Å². The fourth-order valence-electron chi connectivity index (χ4n) is 3.85. The van der Waals surface area contributed by atoms with Gasteiger partial charge in [-0.15, -0.1) is 0 Å². The van der Waals surface area contributed by atoms with Crippen LogP contribution in [0, 0.1) is 11.7 Å². The molecule has 0 spiro atoms. The zero-order valence-corrected chi connectivity index (χ0v) is 16.8. The molecule has 2 atom stereocenters. The number of likely N-dealkylation sites (tertiary alicyclic amines) is 1. The normalized spacial score (nSPS) is 22.1. The molecule has 1 saturated heterocycles. The maximum Gasteiger partial charge on any atom is 0.318 e. The number of piperidine rings is 1. The molecule has 1 saturated carbocycles. The van der Waals surface area contributed by atoms with Gasteiger partial charge in [-0.3, -0.25) is 4.79 Å². The number of amides is 3. The van der Waals surface area contributed by atoms with Crippen molar-refractivity contribution in [2.75, 3.05) is 19.7 Å². The molecule has 0 bridgehead atoms. The first-order valence-electron chi connectivity index (χ1n) is 9.81. The second-order valence-electron chi connectivity index (χ2n) is 7.62. The number of hydrogen-bond donors (Lipinski definition) is 2. The molecule has 1 aliphatic heterocycles. The Bertz CT molecular complexity index is 729. The highest BCUT2D eigenvalue weighted by Crippen LogP contribution is 2.33. The maximum atomic E-state index is 14.0. The van der Waals surface area contributed by atoms with Crippen LogP contribution in [0.15, 0.2) is 18.2 Å². The molecule has 154 valence electrons. The Morgan fingerprint density at radius 2 is 2.07 bits per heavy atom. The fraction of sp³-hybridized carbons (Fsp3) is 0.600. The second kappa shape index (κ2) is 9.09. The molecular formula is C20H27ClFN3O3. The van der Waals surface area contributed by atoms with Crippen LogP contribution in [0.2, 0.25) is 5.02 Å². The summed E-state index contributed by atoms with van der Waals surface area (Å²) in [7, 11) is 0. The van der Waals surface area contributed by atoms with Gasteiger partial charge in [0.2, 0.25) is 5.91 Å². The van der Waals surface area contributed by atoms with Crippen LogP contribution in [-0.2, 0) is 11.3 Å². The van der Waals surface area contributed by atoms with Crippen LogP contribution < -0.4 is 5.32 Å². The summed E-state index contributed by atoms with van der Waals surface area (Å²) in [6.45, 7) is 2.86. The van der Waals surface area contributed by atoms with Crippen molar-refractivity contribution in [2.24, 2.45) is 5.92 Å². The molecule has 1 aliphatic carbocycles. The van der Waals surface area contributed by atoms with Crippen LogP contribution in [0.4, 0.5) is 9.18 Å². The zero-order valence-electron chi connectivity index (χ0n) is 16.0. The molecule has 0 unspecified atom stereocenters. The third kappa shape index (κ3) is 4.94. The van der Waals surface area contributed by atoms with Gasteiger partial charge < -0.3 is 20.2 Å². The number of benzene rings is 1. The molecule has 3 amide bonds. The highest BCUT2D eigenvalue weighted by molar-refractivity contribution is 6.30. The van der Waals surface area contributed by atoms with Crippen molar-refractivity contribution in [3.05, 3.63) is 34.6 Å². The minimum Gasteiger partial charge on any atom is -0.396 e. The minimum atomic E-state index is -0.455. The van der Waals surface area contributed by atoms with Crippen LogP contribution in [0.1, 0.15) is 38.2 Å². The molecule has 1 aromatic rings. The van der Waals surface area contributed by atoms with Crippen molar-refractivity contribution in [1.29, 1.82) is 0 Å². The van der Waals surface area contributed by atoms with Crippen LogP contribution in [-0.4, -0.2) is 58.6 Å². The van der Waals surface area contributed by atoms with E-state index in [2.05, 4.69) is 5.32 Å². The molecule has 2 aliphatic rings. The second-order valence-corrected chi connectivity index (χ2v) is 8.06. The van der Waals surface area contributed by atoms with Gasteiger partial charge in [0.15, 0.2) is 0 Å². The third-order valence-electron chi connectivity index (χ3n) is 5.44. The van der Waals surface area contributed by atoms with E-state index in [1.807, 2.05) is 6.92 Å². The zero-order chi connectivity index (χ0) is 20.3. The Balaban J connectivity index is 1.69. The van der Waals surface area contributed by atoms with E-state index in [9.17, 15) is 19.1 Å². The highest BCUT2D eigenvalue weighted by atomic mass is 35.5. The van der Waals surface area contributed by atoms with E-state index in [1.165, 1.54) is 6.07 Å². The van der Waals surface area contributed by atoms with Gasteiger partial charge in [-0.1, -0.05) is 24.6 Å². The lowest BCUT2D eigenvalue weighted by Gasteiger charge is -2.42. The molecule has 0 aromatic heterocycles. The monoisotopic (exact) mass is 411 g/mol.